The minimum Gasteiger partial charge on any atom is -0.352 e. The first-order chi connectivity index (χ1) is 11.2. The van der Waals surface area contributed by atoms with Gasteiger partial charge in [0.1, 0.15) is 0 Å². The van der Waals surface area contributed by atoms with Gasteiger partial charge >= 0.3 is 0 Å². The minimum absolute atomic E-state index is 0.0650. The zero-order valence-corrected chi connectivity index (χ0v) is 14.4. The molecule has 0 saturated carbocycles. The fraction of sp³-hybridized carbons (Fsp3) is 0.444. The topological polar surface area (TPSA) is 58.2 Å². The summed E-state index contributed by atoms with van der Waals surface area (Å²) in [6, 6.07) is 7.67. The zero-order valence-electron chi connectivity index (χ0n) is 13.6. The summed E-state index contributed by atoms with van der Waals surface area (Å²) < 4.78 is 0. The normalized spacial score (nSPS) is 14.0. The van der Waals surface area contributed by atoms with Crippen LogP contribution in [0.2, 0.25) is 0 Å². The monoisotopic (exact) mass is 332 g/mol. The van der Waals surface area contributed by atoms with Crippen molar-refractivity contribution < 1.29 is 9.59 Å². The third kappa shape index (κ3) is 6.10. The van der Waals surface area contributed by atoms with E-state index in [1.54, 1.807) is 11.8 Å². The molecule has 23 heavy (non-hydrogen) atoms. The molecule has 0 aromatic heterocycles. The average Bonchev–Trinajstić information content (AvgIpc) is 2.59. The van der Waals surface area contributed by atoms with Gasteiger partial charge in [-0.15, -0.1) is 11.8 Å². The number of rotatable bonds is 7. The Hall–Kier alpha value is -1.75. The molecule has 2 N–H and O–H groups in total. The Morgan fingerprint density at radius 3 is 2.65 bits per heavy atom. The van der Waals surface area contributed by atoms with Crippen molar-refractivity contribution >= 4 is 29.3 Å². The van der Waals surface area contributed by atoms with Gasteiger partial charge in [-0.25, -0.2) is 0 Å². The lowest BCUT2D eigenvalue weighted by Gasteiger charge is -2.13. The van der Waals surface area contributed by atoms with Crippen LogP contribution in [0.25, 0.3) is 0 Å². The van der Waals surface area contributed by atoms with E-state index in [-0.39, 0.29) is 24.7 Å². The second-order valence-corrected chi connectivity index (χ2v) is 6.48. The predicted molar refractivity (Wildman–Crippen MR) is 95.6 cm³/mol. The van der Waals surface area contributed by atoms with E-state index in [9.17, 15) is 9.59 Å². The van der Waals surface area contributed by atoms with Crippen LogP contribution in [0.5, 0.6) is 0 Å². The third-order valence-corrected chi connectivity index (χ3v) is 4.65. The molecule has 124 valence electrons. The lowest BCUT2D eigenvalue weighted by atomic mass is 10.00. The Balaban J connectivity index is 1.71. The van der Waals surface area contributed by atoms with E-state index < -0.39 is 0 Å². The molecule has 1 aromatic rings. The van der Waals surface area contributed by atoms with E-state index in [1.807, 2.05) is 30.5 Å². The first kappa shape index (κ1) is 17.6. The summed E-state index contributed by atoms with van der Waals surface area (Å²) in [5.41, 5.74) is 2.11. The summed E-state index contributed by atoms with van der Waals surface area (Å²) in [6.45, 7) is 0.621. The molecule has 0 atom stereocenters. The van der Waals surface area contributed by atoms with Gasteiger partial charge in [0, 0.05) is 24.3 Å². The predicted octanol–water partition coefficient (Wildman–Crippen LogP) is 3.74. The van der Waals surface area contributed by atoms with Gasteiger partial charge in [-0.2, -0.15) is 0 Å². The van der Waals surface area contributed by atoms with Crippen molar-refractivity contribution in [2.45, 2.75) is 43.4 Å². The maximum Gasteiger partial charge on any atom is 0.224 e. The number of carbonyl (C=O) groups excluding carboxylic acids is 2. The molecular formula is C18H24N2O2S. The van der Waals surface area contributed by atoms with Gasteiger partial charge in [-0.05, 0) is 44.1 Å². The number of thioether (sulfide) groups is 1. The number of benzene rings is 1. The van der Waals surface area contributed by atoms with Crippen molar-refractivity contribution in [3.63, 3.8) is 0 Å². The molecule has 2 amide bonds. The maximum atomic E-state index is 12.0. The van der Waals surface area contributed by atoms with Gasteiger partial charge in [0.05, 0.1) is 5.69 Å². The molecule has 0 saturated heterocycles. The molecule has 1 aliphatic carbocycles. The Morgan fingerprint density at radius 1 is 1.13 bits per heavy atom. The fourth-order valence-corrected chi connectivity index (χ4v) is 3.11. The number of anilines is 1. The molecule has 5 heteroatoms. The summed E-state index contributed by atoms with van der Waals surface area (Å²) >= 11 is 1.59. The minimum atomic E-state index is -0.126. The van der Waals surface area contributed by atoms with Crippen LogP contribution >= 0.6 is 11.8 Å². The van der Waals surface area contributed by atoms with Crippen LogP contribution in [0.3, 0.4) is 0 Å². The standard InChI is InChI=1S/C18H24N2O2S/c1-23-16-10-6-5-9-15(16)20-18(22)12-11-17(21)19-13-14-7-3-2-4-8-14/h5-7,9-10H,2-4,8,11-13H2,1H3,(H,19,21)(H,20,22). The van der Waals surface area contributed by atoms with Crippen molar-refractivity contribution in [2.24, 2.45) is 0 Å². The molecule has 0 fully saturated rings. The molecule has 0 bridgehead atoms. The maximum absolute atomic E-state index is 12.0. The van der Waals surface area contributed by atoms with Crippen molar-refractivity contribution in [1.82, 2.24) is 5.32 Å². The van der Waals surface area contributed by atoms with E-state index in [0.717, 1.165) is 23.4 Å². The van der Waals surface area contributed by atoms with Crippen LogP contribution in [0.1, 0.15) is 38.5 Å². The molecule has 4 nitrogen and oxygen atoms in total. The van der Waals surface area contributed by atoms with Gasteiger partial charge in [0.2, 0.25) is 11.8 Å². The Bertz CT molecular complexity index is 584. The van der Waals surface area contributed by atoms with Gasteiger partial charge in [0.15, 0.2) is 0 Å². The zero-order chi connectivity index (χ0) is 16.5. The van der Waals surface area contributed by atoms with E-state index in [4.69, 9.17) is 0 Å². The van der Waals surface area contributed by atoms with Crippen LogP contribution in [-0.4, -0.2) is 24.6 Å². The fourth-order valence-electron chi connectivity index (χ4n) is 2.55. The highest BCUT2D eigenvalue weighted by Crippen LogP contribution is 2.24. The number of para-hydroxylation sites is 1. The summed E-state index contributed by atoms with van der Waals surface area (Å²) in [6.07, 6.45) is 9.26. The quantitative estimate of drug-likeness (QED) is 0.591. The van der Waals surface area contributed by atoms with E-state index >= 15 is 0 Å². The van der Waals surface area contributed by atoms with E-state index in [2.05, 4.69) is 16.7 Å². The van der Waals surface area contributed by atoms with Gasteiger partial charge in [0.25, 0.3) is 0 Å². The van der Waals surface area contributed by atoms with Crippen LogP contribution in [0.4, 0.5) is 5.69 Å². The molecule has 0 aliphatic heterocycles. The Morgan fingerprint density at radius 2 is 1.91 bits per heavy atom. The Labute approximate surface area is 142 Å². The van der Waals surface area contributed by atoms with Crippen LogP contribution in [0, 0.1) is 0 Å². The Kier molecular flexibility index (Phi) is 7.20. The lowest BCUT2D eigenvalue weighted by molar-refractivity contribution is -0.124. The first-order valence-electron chi connectivity index (χ1n) is 8.06. The molecule has 0 heterocycles. The summed E-state index contributed by atoms with van der Waals surface area (Å²) in [4.78, 5) is 24.8. The van der Waals surface area contributed by atoms with Crippen molar-refractivity contribution in [1.29, 1.82) is 0 Å². The number of amides is 2. The van der Waals surface area contributed by atoms with Gasteiger partial charge in [-0.3, -0.25) is 9.59 Å². The number of hydrogen-bond donors (Lipinski definition) is 2. The summed E-state index contributed by atoms with van der Waals surface area (Å²) in [5.74, 6) is -0.191. The summed E-state index contributed by atoms with van der Waals surface area (Å²) in [5, 5.41) is 5.77. The second-order valence-electron chi connectivity index (χ2n) is 5.63. The number of allylic oxidation sites excluding steroid dienone is 1. The van der Waals surface area contributed by atoms with Crippen LogP contribution in [0.15, 0.2) is 40.8 Å². The highest BCUT2D eigenvalue weighted by atomic mass is 32.2. The van der Waals surface area contributed by atoms with Gasteiger partial charge in [-0.1, -0.05) is 23.8 Å². The van der Waals surface area contributed by atoms with Crippen LogP contribution < -0.4 is 10.6 Å². The van der Waals surface area contributed by atoms with Crippen molar-refractivity contribution in [3.05, 3.63) is 35.9 Å². The van der Waals surface area contributed by atoms with E-state index in [1.165, 1.54) is 18.4 Å². The molecule has 0 radical (unpaired) electrons. The average molecular weight is 332 g/mol. The number of hydrogen-bond acceptors (Lipinski definition) is 3. The first-order valence-corrected chi connectivity index (χ1v) is 9.29. The third-order valence-electron chi connectivity index (χ3n) is 3.86. The SMILES string of the molecule is CSc1ccccc1NC(=O)CCC(=O)NCC1=CCCCC1. The molecule has 0 unspecified atom stereocenters. The molecule has 1 aromatic carbocycles. The van der Waals surface area contributed by atoms with Gasteiger partial charge < -0.3 is 10.6 Å². The van der Waals surface area contributed by atoms with Crippen LogP contribution in [-0.2, 0) is 9.59 Å². The smallest absolute Gasteiger partial charge is 0.224 e. The highest BCUT2D eigenvalue weighted by Gasteiger charge is 2.10. The lowest BCUT2D eigenvalue weighted by Crippen LogP contribution is -2.27. The highest BCUT2D eigenvalue weighted by molar-refractivity contribution is 7.98. The molecule has 2 rings (SSSR count). The second kappa shape index (κ2) is 9.40. The molecular weight excluding hydrogens is 308 g/mol. The summed E-state index contributed by atoms with van der Waals surface area (Å²) in [7, 11) is 0. The van der Waals surface area contributed by atoms with E-state index in [0.29, 0.717) is 6.54 Å². The molecule has 0 spiro atoms. The number of carbonyl (C=O) groups is 2. The molecule has 1 aliphatic rings. The number of nitrogens with one attached hydrogen (secondary N) is 2. The largest absolute Gasteiger partial charge is 0.352 e. The van der Waals surface area contributed by atoms with Crippen molar-refractivity contribution in [2.75, 3.05) is 18.1 Å². The van der Waals surface area contributed by atoms with Crippen molar-refractivity contribution in [3.8, 4) is 0 Å².